The summed E-state index contributed by atoms with van der Waals surface area (Å²) < 4.78 is 10.9. The Morgan fingerprint density at radius 1 is 1.11 bits per heavy atom. The van der Waals surface area contributed by atoms with E-state index in [1.54, 1.807) is 19.1 Å². The number of benzene rings is 1. The zero-order valence-electron chi connectivity index (χ0n) is 20.9. The second-order valence-electron chi connectivity index (χ2n) is 10.2. The average Bonchev–Trinajstić information content (AvgIpc) is 3.10. The third-order valence-corrected chi connectivity index (χ3v) is 7.79. The van der Waals surface area contributed by atoms with Gasteiger partial charge in [0.05, 0.1) is 24.2 Å². The smallest absolute Gasteiger partial charge is 0.416 e. The van der Waals surface area contributed by atoms with E-state index in [1.165, 1.54) is 6.92 Å². The second-order valence-corrected chi connectivity index (χ2v) is 10.2. The number of carbonyl (C=O) groups excluding carboxylic acids is 3. The van der Waals surface area contributed by atoms with Crippen LogP contribution in [0.1, 0.15) is 39.7 Å². The molecular formula is C28H33NO7. The number of hydrogen-bond acceptors (Lipinski definition) is 7. The van der Waals surface area contributed by atoms with Crippen LogP contribution in [0.25, 0.3) is 0 Å². The van der Waals surface area contributed by atoms with E-state index in [0.29, 0.717) is 12.0 Å². The van der Waals surface area contributed by atoms with Crippen molar-refractivity contribution in [3.63, 3.8) is 0 Å². The number of ether oxygens (including phenoxy) is 2. The second kappa shape index (κ2) is 9.67. The van der Waals surface area contributed by atoms with Crippen LogP contribution in [0.5, 0.6) is 0 Å². The van der Waals surface area contributed by atoms with Gasteiger partial charge in [-0.3, -0.25) is 9.59 Å². The van der Waals surface area contributed by atoms with Gasteiger partial charge in [0.2, 0.25) is 5.60 Å². The number of aliphatic hydroxyl groups excluding tert-OH is 1. The predicted octanol–water partition coefficient (Wildman–Crippen LogP) is 2.99. The van der Waals surface area contributed by atoms with Crippen molar-refractivity contribution in [2.45, 2.75) is 63.9 Å². The highest BCUT2D eigenvalue weighted by Gasteiger charge is 2.66. The molecule has 1 saturated heterocycles. The van der Waals surface area contributed by atoms with Crippen LogP contribution >= 0.6 is 0 Å². The van der Waals surface area contributed by atoms with E-state index in [4.69, 9.17) is 9.47 Å². The first-order valence-corrected chi connectivity index (χ1v) is 12.2. The lowest BCUT2D eigenvalue weighted by molar-refractivity contribution is -0.151. The zero-order valence-corrected chi connectivity index (χ0v) is 20.9. The van der Waals surface area contributed by atoms with Crippen molar-refractivity contribution in [1.29, 1.82) is 0 Å². The standard InChI is InChI=1S/C28H33NO7/c1-16-9-8-12-20-23(30)18(3)17(2)22-21(15-19-10-6-5-7-11-19)29-25(32)28(20,22)36-26(33)35-14-13-27(4,34)24(16)31/h5-8,10-14,16,20-23,30,34H,9,15H2,1-4H3,(H,29,32)/b12-8+,14-13+/t16-,20-,21-,22-,23?,27+,28+/m0/s1. The van der Waals surface area contributed by atoms with Crippen LogP contribution in [0, 0.1) is 17.8 Å². The van der Waals surface area contributed by atoms with E-state index >= 15 is 0 Å². The molecule has 3 N–H and O–H groups in total. The molecule has 0 aromatic heterocycles. The van der Waals surface area contributed by atoms with Gasteiger partial charge < -0.3 is 25.0 Å². The minimum Gasteiger partial charge on any atom is -0.416 e. The molecule has 4 rings (SSSR count). The molecule has 192 valence electrons. The summed E-state index contributed by atoms with van der Waals surface area (Å²) in [5, 5.41) is 24.8. The van der Waals surface area contributed by atoms with Crippen LogP contribution in [0.3, 0.4) is 0 Å². The van der Waals surface area contributed by atoms with Gasteiger partial charge in [-0.05, 0) is 50.8 Å². The first-order chi connectivity index (χ1) is 17.0. The largest absolute Gasteiger partial charge is 0.514 e. The monoisotopic (exact) mass is 495 g/mol. The molecule has 8 heteroatoms. The Labute approximate surface area is 210 Å². The van der Waals surface area contributed by atoms with Crippen molar-refractivity contribution < 1.29 is 34.1 Å². The fourth-order valence-corrected chi connectivity index (χ4v) is 5.73. The van der Waals surface area contributed by atoms with Gasteiger partial charge in [0.25, 0.3) is 5.91 Å². The fraction of sp³-hybridized carbons (Fsp3) is 0.464. The predicted molar refractivity (Wildman–Crippen MR) is 131 cm³/mol. The molecule has 1 amide bonds. The molecule has 0 radical (unpaired) electrons. The lowest BCUT2D eigenvalue weighted by Gasteiger charge is -2.45. The Bertz CT molecular complexity index is 1140. The summed E-state index contributed by atoms with van der Waals surface area (Å²) in [5.41, 5.74) is -1.13. The SMILES string of the molecule is CC1=C(C)[C@H]2[C@H](Cc3ccccc3)NC(=O)[C@]23OC(=O)O/C=C/[C@@](C)(O)C(=O)[C@@H](C)C/C=C/[C@H]3C1O. The van der Waals surface area contributed by atoms with Gasteiger partial charge in [-0.25, -0.2) is 4.79 Å². The summed E-state index contributed by atoms with van der Waals surface area (Å²) in [5.74, 6) is -3.00. The molecule has 36 heavy (non-hydrogen) atoms. The molecule has 0 bridgehead atoms. The quantitative estimate of drug-likeness (QED) is 0.426. The molecule has 1 aliphatic carbocycles. The van der Waals surface area contributed by atoms with E-state index in [9.17, 15) is 24.6 Å². The number of rotatable bonds is 2. The molecule has 2 heterocycles. The molecule has 1 aromatic carbocycles. The van der Waals surface area contributed by atoms with Crippen molar-refractivity contribution in [3.05, 3.63) is 71.5 Å². The van der Waals surface area contributed by atoms with Gasteiger partial charge in [0.15, 0.2) is 5.78 Å². The maximum absolute atomic E-state index is 13.7. The van der Waals surface area contributed by atoms with Gasteiger partial charge in [-0.15, -0.1) is 0 Å². The lowest BCUT2D eigenvalue weighted by Crippen LogP contribution is -2.59. The Morgan fingerprint density at radius 3 is 2.50 bits per heavy atom. The highest BCUT2D eigenvalue weighted by atomic mass is 16.7. The van der Waals surface area contributed by atoms with E-state index < -0.39 is 58.9 Å². The van der Waals surface area contributed by atoms with Crippen molar-refractivity contribution in [3.8, 4) is 0 Å². The molecule has 1 aromatic rings. The van der Waals surface area contributed by atoms with Crippen molar-refractivity contribution in [1.82, 2.24) is 5.32 Å². The number of ketones is 1. The van der Waals surface area contributed by atoms with Crippen molar-refractivity contribution in [2.75, 3.05) is 0 Å². The topological polar surface area (TPSA) is 122 Å². The van der Waals surface area contributed by atoms with Crippen LogP contribution in [-0.4, -0.2) is 51.4 Å². The zero-order chi connectivity index (χ0) is 26.3. The van der Waals surface area contributed by atoms with Crippen LogP contribution in [0.4, 0.5) is 4.79 Å². The fourth-order valence-electron chi connectivity index (χ4n) is 5.73. The minimum absolute atomic E-state index is 0.262. The number of cyclic esters (lactones) is 1. The van der Waals surface area contributed by atoms with Gasteiger partial charge in [-0.1, -0.05) is 55.0 Å². The Balaban J connectivity index is 1.82. The van der Waals surface area contributed by atoms with Crippen LogP contribution in [-0.2, 0) is 25.5 Å². The Hall–Kier alpha value is -3.23. The molecule has 1 unspecified atom stereocenters. The number of aliphatic hydroxyl groups is 2. The van der Waals surface area contributed by atoms with E-state index in [0.717, 1.165) is 23.5 Å². The Morgan fingerprint density at radius 2 is 1.81 bits per heavy atom. The number of amides is 1. The van der Waals surface area contributed by atoms with Crippen LogP contribution in [0.15, 0.2) is 66.0 Å². The summed E-state index contributed by atoms with van der Waals surface area (Å²) in [4.78, 5) is 39.3. The normalized spacial score (nSPS) is 38.8. The van der Waals surface area contributed by atoms with Gasteiger partial charge >= 0.3 is 6.16 Å². The van der Waals surface area contributed by atoms with E-state index in [2.05, 4.69) is 5.32 Å². The lowest BCUT2D eigenvalue weighted by atomic mass is 9.63. The average molecular weight is 496 g/mol. The third kappa shape index (κ3) is 4.40. The van der Waals surface area contributed by atoms with Crippen molar-refractivity contribution in [2.24, 2.45) is 17.8 Å². The summed E-state index contributed by atoms with van der Waals surface area (Å²) in [6, 6.07) is 9.29. The van der Waals surface area contributed by atoms with Crippen molar-refractivity contribution >= 4 is 17.8 Å². The molecule has 1 fully saturated rings. The molecule has 3 aliphatic rings. The highest BCUT2D eigenvalue weighted by molar-refractivity contribution is 5.93. The molecule has 7 atom stereocenters. The van der Waals surface area contributed by atoms with E-state index in [-0.39, 0.29) is 6.42 Å². The van der Waals surface area contributed by atoms with Gasteiger partial charge in [-0.2, -0.15) is 0 Å². The molecule has 1 spiro atoms. The molecule has 2 aliphatic heterocycles. The summed E-state index contributed by atoms with van der Waals surface area (Å²) in [6.45, 7) is 6.65. The molecule has 8 nitrogen and oxygen atoms in total. The highest BCUT2D eigenvalue weighted by Crippen LogP contribution is 2.50. The van der Waals surface area contributed by atoms with Gasteiger partial charge in [0, 0.05) is 12.0 Å². The number of hydrogen-bond donors (Lipinski definition) is 3. The number of Topliss-reactive ketones (excluding diaryl/α,β-unsaturated/α-hetero) is 1. The number of carbonyl (C=O) groups is 3. The first-order valence-electron chi connectivity index (χ1n) is 12.2. The minimum atomic E-state index is -1.85. The number of nitrogens with one attached hydrogen (secondary N) is 1. The Kier molecular flexibility index (Phi) is 6.94. The maximum Gasteiger partial charge on any atom is 0.514 e. The maximum atomic E-state index is 13.7. The first kappa shape index (κ1) is 25.9. The van der Waals surface area contributed by atoms with Crippen LogP contribution < -0.4 is 5.32 Å². The van der Waals surface area contributed by atoms with Gasteiger partial charge in [0.1, 0.15) is 5.60 Å². The molecule has 0 saturated carbocycles. The third-order valence-electron chi connectivity index (χ3n) is 7.79. The summed E-state index contributed by atoms with van der Waals surface area (Å²) >= 11 is 0. The van der Waals surface area contributed by atoms with Crippen LogP contribution in [0.2, 0.25) is 0 Å². The summed E-state index contributed by atoms with van der Waals surface area (Å²) in [6.07, 6.45) is 3.84. The number of allylic oxidation sites excluding steroid dienone is 1. The summed E-state index contributed by atoms with van der Waals surface area (Å²) in [7, 11) is 0. The van der Waals surface area contributed by atoms with E-state index in [1.807, 2.05) is 44.2 Å². The molecular weight excluding hydrogens is 462 g/mol.